The highest BCUT2D eigenvalue weighted by molar-refractivity contribution is 4.79. The first-order valence-corrected chi connectivity index (χ1v) is 6.84. The Morgan fingerprint density at radius 3 is 2.87 bits per heavy atom. The molecule has 0 radical (unpaired) electrons. The van der Waals surface area contributed by atoms with Crippen molar-refractivity contribution in [1.29, 1.82) is 0 Å². The van der Waals surface area contributed by atoms with Crippen LogP contribution in [-0.2, 0) is 0 Å². The Kier molecular flexibility index (Phi) is 4.45. The van der Waals surface area contributed by atoms with Gasteiger partial charge in [0.15, 0.2) is 0 Å². The van der Waals surface area contributed by atoms with Crippen molar-refractivity contribution in [2.45, 2.75) is 51.5 Å². The maximum Gasteiger partial charge on any atom is 0.0195 e. The second kappa shape index (κ2) is 5.86. The van der Waals surface area contributed by atoms with Gasteiger partial charge in [-0.2, -0.15) is 0 Å². The molecule has 0 bridgehead atoms. The highest BCUT2D eigenvalue weighted by Gasteiger charge is 2.21. The Morgan fingerprint density at radius 1 is 1.20 bits per heavy atom. The standard InChI is InChI=1S/C13H26N2/c1-2-12-6-5-9-15(10-12)11-13-7-3-4-8-14-13/h12-14H,2-11H2,1H3. The van der Waals surface area contributed by atoms with Gasteiger partial charge in [-0.15, -0.1) is 0 Å². The van der Waals surface area contributed by atoms with Gasteiger partial charge in [-0.1, -0.05) is 19.8 Å². The van der Waals surface area contributed by atoms with Crippen molar-refractivity contribution in [3.63, 3.8) is 0 Å². The third-order valence-corrected chi connectivity index (χ3v) is 4.07. The molecule has 2 nitrogen and oxygen atoms in total. The van der Waals surface area contributed by atoms with Gasteiger partial charge in [0.05, 0.1) is 0 Å². The molecule has 2 heteroatoms. The fourth-order valence-corrected chi connectivity index (χ4v) is 3.04. The number of nitrogens with one attached hydrogen (secondary N) is 1. The molecule has 0 saturated carbocycles. The highest BCUT2D eigenvalue weighted by Crippen LogP contribution is 2.20. The van der Waals surface area contributed by atoms with Crippen molar-refractivity contribution in [2.24, 2.45) is 5.92 Å². The van der Waals surface area contributed by atoms with Crippen molar-refractivity contribution < 1.29 is 0 Å². The monoisotopic (exact) mass is 210 g/mol. The van der Waals surface area contributed by atoms with Crippen molar-refractivity contribution in [1.82, 2.24) is 10.2 Å². The molecule has 2 saturated heterocycles. The SMILES string of the molecule is CCC1CCCN(CC2CCCCN2)C1. The molecule has 2 aliphatic heterocycles. The van der Waals surface area contributed by atoms with Crippen LogP contribution in [0, 0.1) is 5.92 Å². The van der Waals surface area contributed by atoms with Gasteiger partial charge in [0.2, 0.25) is 0 Å². The summed E-state index contributed by atoms with van der Waals surface area (Å²) in [6.07, 6.45) is 8.47. The summed E-state index contributed by atoms with van der Waals surface area (Å²) in [7, 11) is 0. The molecule has 0 aromatic heterocycles. The van der Waals surface area contributed by atoms with Crippen LogP contribution in [0.4, 0.5) is 0 Å². The van der Waals surface area contributed by atoms with Gasteiger partial charge in [0.1, 0.15) is 0 Å². The van der Waals surface area contributed by atoms with Gasteiger partial charge < -0.3 is 10.2 Å². The Balaban J connectivity index is 1.72. The van der Waals surface area contributed by atoms with E-state index in [2.05, 4.69) is 17.1 Å². The lowest BCUT2D eigenvalue weighted by atomic mass is 9.94. The Labute approximate surface area is 94.4 Å². The normalized spacial score (nSPS) is 34.2. The van der Waals surface area contributed by atoms with Gasteiger partial charge in [0.25, 0.3) is 0 Å². The van der Waals surface area contributed by atoms with Gasteiger partial charge in [-0.25, -0.2) is 0 Å². The topological polar surface area (TPSA) is 15.3 Å². The molecule has 1 N–H and O–H groups in total. The van der Waals surface area contributed by atoms with Crippen molar-refractivity contribution in [3.05, 3.63) is 0 Å². The zero-order chi connectivity index (χ0) is 10.5. The Morgan fingerprint density at radius 2 is 2.13 bits per heavy atom. The van der Waals surface area contributed by atoms with Crippen LogP contribution in [0.1, 0.15) is 45.4 Å². The summed E-state index contributed by atoms with van der Waals surface area (Å²) in [4.78, 5) is 2.70. The average Bonchev–Trinajstić information content (AvgIpc) is 2.31. The van der Waals surface area contributed by atoms with E-state index in [9.17, 15) is 0 Å². The minimum Gasteiger partial charge on any atom is -0.313 e. The number of hydrogen-bond acceptors (Lipinski definition) is 2. The summed E-state index contributed by atoms with van der Waals surface area (Å²) in [6, 6.07) is 0.786. The third-order valence-electron chi connectivity index (χ3n) is 4.07. The minimum atomic E-state index is 0.786. The first-order chi connectivity index (χ1) is 7.38. The molecular weight excluding hydrogens is 184 g/mol. The molecule has 15 heavy (non-hydrogen) atoms. The fraction of sp³-hybridized carbons (Fsp3) is 1.00. The second-order valence-electron chi connectivity index (χ2n) is 5.32. The number of rotatable bonds is 3. The average molecular weight is 210 g/mol. The molecule has 2 heterocycles. The molecular formula is C13H26N2. The van der Waals surface area contributed by atoms with Gasteiger partial charge in [-0.3, -0.25) is 0 Å². The van der Waals surface area contributed by atoms with Crippen LogP contribution in [-0.4, -0.2) is 37.1 Å². The lowest BCUT2D eigenvalue weighted by molar-refractivity contribution is 0.149. The molecule has 2 aliphatic rings. The van der Waals surface area contributed by atoms with Crippen LogP contribution in [0.25, 0.3) is 0 Å². The lowest BCUT2D eigenvalue weighted by Crippen LogP contribution is -2.46. The fourth-order valence-electron chi connectivity index (χ4n) is 3.04. The molecule has 0 aromatic carbocycles. The molecule has 0 spiro atoms. The molecule has 0 aliphatic carbocycles. The summed E-state index contributed by atoms with van der Waals surface area (Å²) in [6.45, 7) is 7.59. The van der Waals surface area contributed by atoms with E-state index in [1.54, 1.807) is 0 Å². The summed E-state index contributed by atoms with van der Waals surface area (Å²) in [5.41, 5.74) is 0. The predicted octanol–water partition coefficient (Wildman–Crippen LogP) is 2.25. The van der Waals surface area contributed by atoms with E-state index in [0.29, 0.717) is 0 Å². The smallest absolute Gasteiger partial charge is 0.0195 e. The molecule has 2 atom stereocenters. The van der Waals surface area contributed by atoms with E-state index in [-0.39, 0.29) is 0 Å². The van der Waals surface area contributed by atoms with Crippen LogP contribution in [0.15, 0.2) is 0 Å². The zero-order valence-corrected chi connectivity index (χ0v) is 10.2. The van der Waals surface area contributed by atoms with E-state index in [0.717, 1.165) is 12.0 Å². The largest absolute Gasteiger partial charge is 0.313 e. The van der Waals surface area contributed by atoms with Crippen molar-refractivity contribution in [2.75, 3.05) is 26.2 Å². The Bertz CT molecular complexity index is 175. The number of nitrogens with zero attached hydrogens (tertiary/aromatic N) is 1. The number of piperidine rings is 2. The van der Waals surface area contributed by atoms with Crippen LogP contribution in [0.3, 0.4) is 0 Å². The highest BCUT2D eigenvalue weighted by atomic mass is 15.2. The van der Waals surface area contributed by atoms with Gasteiger partial charge >= 0.3 is 0 Å². The van der Waals surface area contributed by atoms with Crippen molar-refractivity contribution >= 4 is 0 Å². The first kappa shape index (κ1) is 11.4. The lowest BCUT2D eigenvalue weighted by Gasteiger charge is -2.36. The number of hydrogen-bond donors (Lipinski definition) is 1. The molecule has 88 valence electrons. The summed E-state index contributed by atoms with van der Waals surface area (Å²) in [5.74, 6) is 0.974. The van der Waals surface area contributed by atoms with E-state index in [1.807, 2.05) is 0 Å². The minimum absolute atomic E-state index is 0.786. The van der Waals surface area contributed by atoms with Crippen LogP contribution in [0.5, 0.6) is 0 Å². The van der Waals surface area contributed by atoms with Gasteiger partial charge in [0, 0.05) is 19.1 Å². The van der Waals surface area contributed by atoms with Crippen LogP contribution < -0.4 is 5.32 Å². The number of likely N-dealkylation sites (tertiary alicyclic amines) is 1. The maximum atomic E-state index is 3.66. The molecule has 2 unspecified atom stereocenters. The van der Waals surface area contributed by atoms with Crippen LogP contribution >= 0.6 is 0 Å². The molecule has 0 aromatic rings. The quantitative estimate of drug-likeness (QED) is 0.768. The third kappa shape index (κ3) is 3.46. The van der Waals surface area contributed by atoms with E-state index in [4.69, 9.17) is 0 Å². The zero-order valence-electron chi connectivity index (χ0n) is 10.2. The summed E-state index contributed by atoms with van der Waals surface area (Å²) >= 11 is 0. The molecule has 0 amide bonds. The molecule has 2 rings (SSSR count). The van der Waals surface area contributed by atoms with Crippen LogP contribution in [0.2, 0.25) is 0 Å². The summed E-state index contributed by atoms with van der Waals surface area (Å²) < 4.78 is 0. The maximum absolute atomic E-state index is 3.66. The van der Waals surface area contributed by atoms with E-state index in [1.165, 1.54) is 64.7 Å². The first-order valence-electron chi connectivity index (χ1n) is 6.84. The summed E-state index contributed by atoms with van der Waals surface area (Å²) in [5, 5.41) is 3.66. The Hall–Kier alpha value is -0.0800. The van der Waals surface area contributed by atoms with Gasteiger partial charge in [-0.05, 0) is 44.7 Å². The van der Waals surface area contributed by atoms with E-state index >= 15 is 0 Å². The molecule has 2 fully saturated rings. The van der Waals surface area contributed by atoms with Crippen molar-refractivity contribution in [3.8, 4) is 0 Å². The second-order valence-corrected chi connectivity index (χ2v) is 5.32. The van der Waals surface area contributed by atoms with E-state index < -0.39 is 0 Å². The predicted molar refractivity (Wildman–Crippen MR) is 65.1 cm³/mol.